The first kappa shape index (κ1) is 21.4. The van der Waals surface area contributed by atoms with Crippen molar-refractivity contribution in [2.24, 2.45) is 4.99 Å². The van der Waals surface area contributed by atoms with Gasteiger partial charge in [-0.05, 0) is 18.9 Å². The molecule has 8 nitrogen and oxygen atoms in total. The highest BCUT2D eigenvalue weighted by Crippen LogP contribution is 2.10. The first-order valence-corrected chi connectivity index (χ1v) is 9.18. The molecule has 1 aromatic rings. The Hall–Kier alpha value is -1.91. The van der Waals surface area contributed by atoms with Crippen molar-refractivity contribution in [2.75, 3.05) is 44.7 Å². The lowest BCUT2D eigenvalue weighted by atomic mass is 10.2. The van der Waals surface area contributed by atoms with Gasteiger partial charge in [0.1, 0.15) is 0 Å². The Balaban J connectivity index is 0.00000261. The molecule has 0 unspecified atom stereocenters. The minimum Gasteiger partial charge on any atom is -0.356 e. The molecule has 1 saturated heterocycles. The first-order valence-electron chi connectivity index (χ1n) is 9.18. The average molecular weight is 485 g/mol. The zero-order valence-electron chi connectivity index (χ0n) is 15.7. The van der Waals surface area contributed by atoms with E-state index in [1.807, 2.05) is 11.0 Å². The van der Waals surface area contributed by atoms with Crippen LogP contribution in [0.3, 0.4) is 0 Å². The molecule has 0 saturated carbocycles. The standard InChI is InChI=1S/C18H27N7O.HI/c1-19-17(23-15-5-2-3-6-15)20-10-7-16(26)24-11-13-25(14-12-24)18-21-8-4-9-22-18;/h2-4,8-9,15H,5-7,10-14H2,1H3,(H2,19,20,23);1H. The number of aliphatic imine (C=N–C) groups is 1. The Bertz CT molecular complexity index is 636. The van der Waals surface area contributed by atoms with Gasteiger partial charge in [-0.25, -0.2) is 9.97 Å². The van der Waals surface area contributed by atoms with Crippen molar-refractivity contribution in [2.45, 2.75) is 25.3 Å². The molecule has 0 atom stereocenters. The van der Waals surface area contributed by atoms with Crippen LogP contribution in [-0.2, 0) is 4.79 Å². The van der Waals surface area contributed by atoms with Gasteiger partial charge in [0.25, 0.3) is 0 Å². The number of rotatable bonds is 5. The fourth-order valence-electron chi connectivity index (χ4n) is 3.18. The van der Waals surface area contributed by atoms with Crippen LogP contribution in [0.4, 0.5) is 5.95 Å². The fourth-order valence-corrected chi connectivity index (χ4v) is 3.18. The Kier molecular flexibility index (Phi) is 8.76. The van der Waals surface area contributed by atoms with Crippen molar-refractivity contribution >= 4 is 41.8 Å². The lowest BCUT2D eigenvalue weighted by Gasteiger charge is -2.34. The molecule has 0 bridgehead atoms. The smallest absolute Gasteiger partial charge is 0.225 e. The Morgan fingerprint density at radius 3 is 2.48 bits per heavy atom. The van der Waals surface area contributed by atoms with Crippen molar-refractivity contribution in [3.8, 4) is 0 Å². The number of carbonyl (C=O) groups excluding carboxylic acids is 1. The number of anilines is 1. The minimum atomic E-state index is 0. The number of piperazine rings is 1. The molecule has 27 heavy (non-hydrogen) atoms. The predicted octanol–water partition coefficient (Wildman–Crippen LogP) is 1.02. The zero-order valence-corrected chi connectivity index (χ0v) is 18.0. The summed E-state index contributed by atoms with van der Waals surface area (Å²) in [6.45, 7) is 3.53. The van der Waals surface area contributed by atoms with Gasteiger partial charge in [-0.1, -0.05) is 12.2 Å². The molecule has 2 N–H and O–H groups in total. The molecule has 0 radical (unpaired) electrons. The molecule has 1 fully saturated rings. The quantitative estimate of drug-likeness (QED) is 0.281. The predicted molar refractivity (Wildman–Crippen MR) is 118 cm³/mol. The maximum atomic E-state index is 12.4. The second-order valence-corrected chi connectivity index (χ2v) is 6.45. The number of carbonyl (C=O) groups is 1. The normalized spacial score (nSPS) is 17.6. The lowest BCUT2D eigenvalue weighted by molar-refractivity contribution is -0.131. The van der Waals surface area contributed by atoms with Crippen LogP contribution >= 0.6 is 24.0 Å². The number of nitrogens with one attached hydrogen (secondary N) is 2. The SMILES string of the molecule is CN=C(NCCC(=O)N1CCN(c2ncccn2)CC1)NC1CC=CC1.I. The van der Waals surface area contributed by atoms with Crippen LogP contribution in [0.2, 0.25) is 0 Å². The van der Waals surface area contributed by atoms with Gasteiger partial charge < -0.3 is 20.4 Å². The molecule has 148 valence electrons. The zero-order chi connectivity index (χ0) is 18.2. The Morgan fingerprint density at radius 1 is 1.19 bits per heavy atom. The molecule has 3 rings (SSSR count). The van der Waals surface area contributed by atoms with Crippen LogP contribution in [-0.4, -0.2) is 72.5 Å². The Labute approximate surface area is 177 Å². The van der Waals surface area contributed by atoms with Crippen LogP contribution in [0.1, 0.15) is 19.3 Å². The van der Waals surface area contributed by atoms with E-state index in [2.05, 4.69) is 42.6 Å². The van der Waals surface area contributed by atoms with E-state index in [9.17, 15) is 4.79 Å². The largest absolute Gasteiger partial charge is 0.356 e. The van der Waals surface area contributed by atoms with Gasteiger partial charge in [0.15, 0.2) is 5.96 Å². The van der Waals surface area contributed by atoms with Gasteiger partial charge in [0, 0.05) is 64.6 Å². The number of hydrogen-bond donors (Lipinski definition) is 2. The summed E-state index contributed by atoms with van der Waals surface area (Å²) in [5, 5.41) is 6.61. The lowest BCUT2D eigenvalue weighted by Crippen LogP contribution is -2.50. The number of hydrogen-bond acceptors (Lipinski definition) is 5. The van der Waals surface area contributed by atoms with Crippen LogP contribution < -0.4 is 15.5 Å². The monoisotopic (exact) mass is 485 g/mol. The van der Waals surface area contributed by atoms with Gasteiger partial charge in [-0.15, -0.1) is 24.0 Å². The molecule has 1 aromatic heterocycles. The molecule has 1 aliphatic heterocycles. The van der Waals surface area contributed by atoms with Crippen molar-refractivity contribution in [3.05, 3.63) is 30.6 Å². The van der Waals surface area contributed by atoms with E-state index in [4.69, 9.17) is 0 Å². The van der Waals surface area contributed by atoms with Crippen molar-refractivity contribution in [1.29, 1.82) is 0 Å². The summed E-state index contributed by atoms with van der Waals surface area (Å²) < 4.78 is 0. The van der Waals surface area contributed by atoms with Crippen LogP contribution in [0, 0.1) is 0 Å². The highest BCUT2D eigenvalue weighted by atomic mass is 127. The highest BCUT2D eigenvalue weighted by Gasteiger charge is 2.22. The van der Waals surface area contributed by atoms with Crippen molar-refractivity contribution in [3.63, 3.8) is 0 Å². The molecular weight excluding hydrogens is 457 g/mol. The summed E-state index contributed by atoms with van der Waals surface area (Å²) in [5.41, 5.74) is 0. The van der Waals surface area contributed by atoms with Crippen LogP contribution in [0.15, 0.2) is 35.6 Å². The second-order valence-electron chi connectivity index (χ2n) is 6.45. The molecule has 0 aromatic carbocycles. The molecule has 1 aliphatic carbocycles. The van der Waals surface area contributed by atoms with Crippen molar-refractivity contribution < 1.29 is 4.79 Å². The topological polar surface area (TPSA) is 85.8 Å². The van der Waals surface area contributed by atoms with E-state index in [1.165, 1.54) is 0 Å². The molecule has 2 aliphatic rings. The van der Waals surface area contributed by atoms with E-state index < -0.39 is 0 Å². The minimum absolute atomic E-state index is 0. The summed E-state index contributed by atoms with van der Waals surface area (Å²) in [4.78, 5) is 29.2. The number of guanidine groups is 1. The Morgan fingerprint density at radius 2 is 1.85 bits per heavy atom. The van der Waals surface area contributed by atoms with Gasteiger partial charge in [0.2, 0.25) is 11.9 Å². The molecule has 2 heterocycles. The molecular formula is C18H28IN7O. The third-order valence-corrected chi connectivity index (χ3v) is 4.67. The molecule has 0 spiro atoms. The van der Waals surface area contributed by atoms with Gasteiger partial charge in [0.05, 0.1) is 0 Å². The summed E-state index contributed by atoms with van der Waals surface area (Å²) >= 11 is 0. The summed E-state index contributed by atoms with van der Waals surface area (Å²) in [6.07, 6.45) is 10.3. The van der Waals surface area contributed by atoms with E-state index in [0.29, 0.717) is 32.1 Å². The second kappa shape index (κ2) is 11.1. The van der Waals surface area contributed by atoms with Crippen LogP contribution in [0.5, 0.6) is 0 Å². The first-order chi connectivity index (χ1) is 12.8. The van der Waals surface area contributed by atoms with E-state index in [-0.39, 0.29) is 29.9 Å². The summed E-state index contributed by atoms with van der Waals surface area (Å²) in [7, 11) is 1.75. The van der Waals surface area contributed by atoms with E-state index >= 15 is 0 Å². The fraction of sp³-hybridized carbons (Fsp3) is 0.556. The van der Waals surface area contributed by atoms with Crippen LogP contribution in [0.25, 0.3) is 0 Å². The highest BCUT2D eigenvalue weighted by molar-refractivity contribution is 14.0. The van der Waals surface area contributed by atoms with E-state index in [1.54, 1.807) is 19.4 Å². The maximum Gasteiger partial charge on any atom is 0.225 e. The number of amides is 1. The number of nitrogens with zero attached hydrogens (tertiary/aromatic N) is 5. The van der Waals surface area contributed by atoms with E-state index in [0.717, 1.165) is 37.8 Å². The maximum absolute atomic E-state index is 12.4. The summed E-state index contributed by atoms with van der Waals surface area (Å²) in [6, 6.07) is 2.22. The van der Waals surface area contributed by atoms with Gasteiger partial charge in [-0.3, -0.25) is 9.79 Å². The molecule has 9 heteroatoms. The third kappa shape index (κ3) is 6.33. The number of aromatic nitrogens is 2. The number of halogens is 1. The van der Waals surface area contributed by atoms with Gasteiger partial charge >= 0.3 is 0 Å². The van der Waals surface area contributed by atoms with Gasteiger partial charge in [-0.2, -0.15) is 0 Å². The molecule has 1 amide bonds. The summed E-state index contributed by atoms with van der Waals surface area (Å²) in [5.74, 6) is 1.67. The third-order valence-electron chi connectivity index (χ3n) is 4.67. The van der Waals surface area contributed by atoms with Crippen molar-refractivity contribution in [1.82, 2.24) is 25.5 Å². The average Bonchev–Trinajstić information content (AvgIpc) is 3.21.